The highest BCUT2D eigenvalue weighted by Crippen LogP contribution is 2.33. The molecule has 0 aliphatic carbocycles. The molecule has 7 heteroatoms. The van der Waals surface area contributed by atoms with Gasteiger partial charge in [-0.25, -0.2) is 9.07 Å². The van der Waals surface area contributed by atoms with E-state index >= 15 is 0 Å². The molecule has 0 radical (unpaired) electrons. The fourth-order valence-corrected chi connectivity index (χ4v) is 3.49. The first-order valence-corrected chi connectivity index (χ1v) is 9.80. The number of nitrogens with zero attached hydrogens (tertiary/aromatic N) is 3. The minimum Gasteiger partial charge on any atom is -0.324 e. The van der Waals surface area contributed by atoms with Crippen LogP contribution in [-0.4, -0.2) is 20.7 Å². The number of carbonyl (C=O) groups excluding carboxylic acids is 1. The maximum absolute atomic E-state index is 13.5. The molecule has 5 rings (SSSR count). The summed E-state index contributed by atoms with van der Waals surface area (Å²) < 4.78 is 15.2. The van der Waals surface area contributed by atoms with Crippen LogP contribution in [0.3, 0.4) is 0 Å². The number of benzene rings is 3. The molecule has 0 fully saturated rings. The molecule has 0 saturated heterocycles. The summed E-state index contributed by atoms with van der Waals surface area (Å²) in [5, 5.41) is 10.5. The van der Waals surface area contributed by atoms with Crippen LogP contribution in [-0.2, 0) is 0 Å². The van der Waals surface area contributed by atoms with Gasteiger partial charge >= 0.3 is 0 Å². The summed E-state index contributed by atoms with van der Waals surface area (Å²) >= 11 is 0. The van der Waals surface area contributed by atoms with E-state index in [1.54, 1.807) is 41.1 Å². The number of hydrogen-bond acceptors (Lipinski definition) is 4. The number of nitrogens with one attached hydrogen (secondary N) is 2. The molecule has 1 aromatic heterocycles. The van der Waals surface area contributed by atoms with Gasteiger partial charge in [-0.3, -0.25) is 10.1 Å². The number of amides is 1. The monoisotopic (exact) mass is 411 g/mol. The van der Waals surface area contributed by atoms with Crippen molar-refractivity contribution in [2.45, 2.75) is 6.04 Å². The topological polar surface area (TPSA) is 71.8 Å². The zero-order valence-corrected chi connectivity index (χ0v) is 16.4. The summed E-state index contributed by atoms with van der Waals surface area (Å²) in [7, 11) is 0. The molecular formula is C24H18FN5O. The van der Waals surface area contributed by atoms with Crippen molar-refractivity contribution in [1.29, 1.82) is 0 Å². The van der Waals surface area contributed by atoms with Crippen LogP contribution in [0, 0.1) is 5.82 Å². The van der Waals surface area contributed by atoms with Crippen molar-refractivity contribution in [1.82, 2.24) is 14.8 Å². The van der Waals surface area contributed by atoms with Gasteiger partial charge in [0.05, 0.1) is 0 Å². The minimum atomic E-state index is -0.318. The summed E-state index contributed by atoms with van der Waals surface area (Å²) in [6, 6.07) is 24.7. The maximum Gasteiger partial charge on any atom is 0.258 e. The zero-order chi connectivity index (χ0) is 21.2. The van der Waals surface area contributed by atoms with Gasteiger partial charge in [0.2, 0.25) is 5.95 Å². The molecule has 152 valence electrons. The molecule has 2 heterocycles. The van der Waals surface area contributed by atoms with Crippen LogP contribution >= 0.6 is 0 Å². The van der Waals surface area contributed by atoms with Crippen molar-refractivity contribution in [3.05, 3.63) is 114 Å². The van der Waals surface area contributed by atoms with Gasteiger partial charge in [0.1, 0.15) is 11.9 Å². The number of hydrogen-bond donors (Lipinski definition) is 2. The lowest BCUT2D eigenvalue weighted by Gasteiger charge is -2.24. The highest BCUT2D eigenvalue weighted by atomic mass is 19.1. The van der Waals surface area contributed by atoms with Gasteiger partial charge in [0.15, 0.2) is 0 Å². The van der Waals surface area contributed by atoms with E-state index in [4.69, 9.17) is 0 Å². The van der Waals surface area contributed by atoms with Crippen LogP contribution in [0.15, 0.2) is 91.0 Å². The van der Waals surface area contributed by atoms with E-state index in [0.717, 1.165) is 16.8 Å². The number of anilines is 2. The lowest BCUT2D eigenvalue weighted by atomic mass is 10.0. The molecule has 1 unspecified atom stereocenters. The van der Waals surface area contributed by atoms with Crippen molar-refractivity contribution >= 4 is 23.5 Å². The molecule has 1 atom stereocenters. The van der Waals surface area contributed by atoms with Crippen LogP contribution in [0.2, 0.25) is 0 Å². The maximum atomic E-state index is 13.5. The van der Waals surface area contributed by atoms with Crippen LogP contribution in [0.1, 0.15) is 27.5 Å². The highest BCUT2D eigenvalue weighted by molar-refractivity contribution is 6.03. The SMILES string of the molecule is O=C(Nc1nc2n(n1)C(c1ccc(F)cc1)C=C(c1ccccc1)N2)c1ccccc1. The molecular weight excluding hydrogens is 393 g/mol. The fraction of sp³-hybridized carbons (Fsp3) is 0.0417. The largest absolute Gasteiger partial charge is 0.324 e. The second-order valence-electron chi connectivity index (χ2n) is 7.09. The lowest BCUT2D eigenvalue weighted by molar-refractivity contribution is 0.102. The Kier molecular flexibility index (Phi) is 4.76. The minimum absolute atomic E-state index is 0.186. The molecule has 6 nitrogen and oxygen atoms in total. The summed E-state index contributed by atoms with van der Waals surface area (Å²) in [6.45, 7) is 0. The van der Waals surface area contributed by atoms with Crippen molar-refractivity contribution in [3.63, 3.8) is 0 Å². The number of aromatic nitrogens is 3. The summed E-state index contributed by atoms with van der Waals surface area (Å²) in [4.78, 5) is 17.0. The fourth-order valence-electron chi connectivity index (χ4n) is 3.49. The Bertz CT molecular complexity index is 1250. The summed E-state index contributed by atoms with van der Waals surface area (Å²) in [5.41, 5.74) is 3.21. The number of fused-ring (bicyclic) bond motifs is 1. The van der Waals surface area contributed by atoms with E-state index in [0.29, 0.717) is 11.5 Å². The van der Waals surface area contributed by atoms with Gasteiger partial charge in [-0.1, -0.05) is 60.7 Å². The first kappa shape index (κ1) is 18.7. The number of rotatable bonds is 4. The van der Waals surface area contributed by atoms with E-state index < -0.39 is 0 Å². The van der Waals surface area contributed by atoms with Crippen LogP contribution in [0.4, 0.5) is 16.3 Å². The van der Waals surface area contributed by atoms with Gasteiger partial charge in [0, 0.05) is 11.3 Å². The van der Waals surface area contributed by atoms with Gasteiger partial charge in [-0.2, -0.15) is 4.98 Å². The molecule has 0 saturated carbocycles. The number of allylic oxidation sites excluding steroid dienone is 1. The molecule has 1 amide bonds. The number of halogens is 1. The standard InChI is InChI=1S/C24H18FN5O/c25-19-13-11-17(12-14-19)21-15-20(16-7-3-1-4-8-16)26-24-28-23(29-30(21)24)27-22(31)18-9-5-2-6-10-18/h1-15,21H,(H2,26,27,28,29,31). The first-order valence-electron chi connectivity index (χ1n) is 9.80. The molecule has 3 aromatic carbocycles. The van der Waals surface area contributed by atoms with E-state index in [9.17, 15) is 9.18 Å². The Morgan fingerprint density at radius 1 is 0.935 bits per heavy atom. The third-order valence-corrected chi connectivity index (χ3v) is 5.02. The predicted molar refractivity (Wildman–Crippen MR) is 117 cm³/mol. The van der Waals surface area contributed by atoms with Gasteiger partial charge in [-0.05, 0) is 41.5 Å². The predicted octanol–water partition coefficient (Wildman–Crippen LogP) is 4.73. The van der Waals surface area contributed by atoms with Crippen LogP contribution in [0.25, 0.3) is 5.70 Å². The van der Waals surface area contributed by atoms with Gasteiger partial charge in [-0.15, -0.1) is 5.10 Å². The third-order valence-electron chi connectivity index (χ3n) is 5.02. The molecule has 0 bridgehead atoms. The Morgan fingerprint density at radius 3 is 2.32 bits per heavy atom. The Balaban J connectivity index is 1.51. The van der Waals surface area contributed by atoms with Crippen molar-refractivity contribution < 1.29 is 9.18 Å². The van der Waals surface area contributed by atoms with Crippen molar-refractivity contribution in [2.75, 3.05) is 10.6 Å². The van der Waals surface area contributed by atoms with Crippen LogP contribution in [0.5, 0.6) is 0 Å². The summed E-state index contributed by atoms with van der Waals surface area (Å²) in [5.74, 6) is 0.0721. The number of carbonyl (C=O) groups is 1. The average Bonchev–Trinajstić information content (AvgIpc) is 3.22. The van der Waals surface area contributed by atoms with Crippen molar-refractivity contribution in [2.24, 2.45) is 0 Å². The zero-order valence-electron chi connectivity index (χ0n) is 16.4. The lowest BCUT2D eigenvalue weighted by Crippen LogP contribution is -2.20. The van der Waals surface area contributed by atoms with E-state index in [1.807, 2.05) is 42.5 Å². The molecule has 0 spiro atoms. The molecule has 1 aliphatic rings. The molecule has 4 aromatic rings. The molecule has 31 heavy (non-hydrogen) atoms. The third kappa shape index (κ3) is 3.81. The van der Waals surface area contributed by atoms with Crippen molar-refractivity contribution in [3.8, 4) is 0 Å². The smallest absolute Gasteiger partial charge is 0.258 e. The second kappa shape index (κ2) is 7.87. The molecule has 1 aliphatic heterocycles. The Hall–Kier alpha value is -4.26. The average molecular weight is 411 g/mol. The quantitative estimate of drug-likeness (QED) is 0.510. The van der Waals surface area contributed by atoms with E-state index in [2.05, 4.69) is 20.7 Å². The van der Waals surface area contributed by atoms with E-state index in [1.165, 1.54) is 12.1 Å². The van der Waals surface area contributed by atoms with Gasteiger partial charge in [0.25, 0.3) is 11.9 Å². The van der Waals surface area contributed by atoms with E-state index in [-0.39, 0.29) is 23.7 Å². The molecule has 2 N–H and O–H groups in total. The highest BCUT2D eigenvalue weighted by Gasteiger charge is 2.26. The summed E-state index contributed by atoms with van der Waals surface area (Å²) in [6.07, 6.45) is 2.01. The van der Waals surface area contributed by atoms with Crippen LogP contribution < -0.4 is 10.6 Å². The van der Waals surface area contributed by atoms with Gasteiger partial charge < -0.3 is 5.32 Å². The Morgan fingerprint density at radius 2 is 1.61 bits per heavy atom. The Labute approximate surface area is 178 Å². The first-order chi connectivity index (χ1) is 15.2. The second-order valence-corrected chi connectivity index (χ2v) is 7.09. The normalized spacial score (nSPS) is 14.9.